The van der Waals surface area contributed by atoms with Crippen LogP contribution in [0.4, 0.5) is 0 Å². The highest BCUT2D eigenvalue weighted by atomic mass is 16.5. The normalized spacial score (nSPS) is 13.3. The number of hydrogen-bond acceptors (Lipinski definition) is 3. The molecule has 0 aliphatic carbocycles. The van der Waals surface area contributed by atoms with Crippen LogP contribution in [0.25, 0.3) is 0 Å². The van der Waals surface area contributed by atoms with Crippen LogP contribution >= 0.6 is 0 Å². The quantitative estimate of drug-likeness (QED) is 0.810. The van der Waals surface area contributed by atoms with Gasteiger partial charge in [-0.25, -0.2) is 0 Å². The Kier molecular flexibility index (Phi) is 5.82. The molecule has 0 radical (unpaired) electrons. The van der Waals surface area contributed by atoms with Gasteiger partial charge in [-0.3, -0.25) is 4.68 Å². The molecule has 0 fully saturated rings. The van der Waals surface area contributed by atoms with Crippen LogP contribution in [0, 0.1) is 13.8 Å². The van der Waals surface area contributed by atoms with Crippen LogP contribution in [-0.4, -0.2) is 28.5 Å². The summed E-state index contributed by atoms with van der Waals surface area (Å²) in [5.74, 6) is 0. The molecule has 104 valence electrons. The number of rotatable bonds is 7. The Morgan fingerprint density at radius 1 is 1.33 bits per heavy atom. The Bertz CT molecular complexity index is 371. The molecular weight excluding hydrogens is 226 g/mol. The van der Waals surface area contributed by atoms with E-state index in [-0.39, 0.29) is 12.1 Å². The van der Waals surface area contributed by atoms with E-state index >= 15 is 0 Å². The van der Waals surface area contributed by atoms with E-state index in [1.807, 2.05) is 18.5 Å². The zero-order valence-electron chi connectivity index (χ0n) is 12.4. The molecule has 0 aromatic carbocycles. The van der Waals surface area contributed by atoms with Crippen molar-refractivity contribution in [3.63, 3.8) is 0 Å². The Morgan fingerprint density at radius 2 is 2.00 bits per heavy atom. The van der Waals surface area contributed by atoms with Gasteiger partial charge in [-0.05, 0) is 46.1 Å². The number of nitrogens with zero attached hydrogens (tertiary/aromatic N) is 2. The van der Waals surface area contributed by atoms with Crippen molar-refractivity contribution < 1.29 is 4.74 Å². The van der Waals surface area contributed by atoms with Gasteiger partial charge >= 0.3 is 0 Å². The molecule has 2 N–H and O–H groups in total. The van der Waals surface area contributed by atoms with Crippen molar-refractivity contribution in [1.29, 1.82) is 0 Å². The number of aromatic nitrogens is 2. The Labute approximate surface area is 111 Å². The maximum absolute atomic E-state index is 6.03. The van der Waals surface area contributed by atoms with E-state index in [4.69, 9.17) is 10.5 Å². The lowest BCUT2D eigenvalue weighted by atomic mass is 10.0. The van der Waals surface area contributed by atoms with Gasteiger partial charge < -0.3 is 10.5 Å². The molecule has 0 spiro atoms. The zero-order chi connectivity index (χ0) is 13.7. The first-order valence-corrected chi connectivity index (χ1v) is 6.85. The van der Waals surface area contributed by atoms with Gasteiger partial charge in [0.1, 0.15) is 0 Å². The lowest BCUT2D eigenvalue weighted by Crippen LogP contribution is -2.22. The second-order valence-corrected chi connectivity index (χ2v) is 5.16. The number of nitrogens with two attached hydrogens (primary N) is 1. The summed E-state index contributed by atoms with van der Waals surface area (Å²) in [5.41, 5.74) is 9.65. The summed E-state index contributed by atoms with van der Waals surface area (Å²) in [7, 11) is 0. The molecule has 0 aliphatic rings. The smallest absolute Gasteiger partial charge is 0.0666 e. The lowest BCUT2D eigenvalue weighted by Gasteiger charge is -2.10. The third kappa shape index (κ3) is 4.10. The van der Waals surface area contributed by atoms with Gasteiger partial charge in [0.15, 0.2) is 0 Å². The molecule has 0 amide bonds. The van der Waals surface area contributed by atoms with E-state index in [1.54, 1.807) is 0 Å². The molecule has 1 aromatic heterocycles. The summed E-state index contributed by atoms with van der Waals surface area (Å²) < 4.78 is 7.60. The van der Waals surface area contributed by atoms with Crippen LogP contribution in [0.2, 0.25) is 0 Å². The van der Waals surface area contributed by atoms with Crippen molar-refractivity contribution in [2.24, 2.45) is 5.73 Å². The molecule has 1 rings (SSSR count). The lowest BCUT2D eigenvalue weighted by molar-refractivity contribution is 0.0706. The second-order valence-electron chi connectivity index (χ2n) is 5.16. The van der Waals surface area contributed by atoms with Crippen LogP contribution < -0.4 is 5.73 Å². The van der Waals surface area contributed by atoms with E-state index < -0.39 is 0 Å². The average Bonchev–Trinajstić information content (AvgIpc) is 2.56. The molecule has 0 saturated carbocycles. The fourth-order valence-corrected chi connectivity index (χ4v) is 2.03. The van der Waals surface area contributed by atoms with Crippen LogP contribution in [0.3, 0.4) is 0 Å². The summed E-state index contributed by atoms with van der Waals surface area (Å²) in [4.78, 5) is 0. The minimum Gasteiger partial charge on any atom is -0.377 e. The highest BCUT2D eigenvalue weighted by Crippen LogP contribution is 2.15. The highest BCUT2D eigenvalue weighted by Gasteiger charge is 2.13. The minimum absolute atomic E-state index is 0.229. The van der Waals surface area contributed by atoms with Crippen molar-refractivity contribution >= 4 is 0 Å². The van der Waals surface area contributed by atoms with Crippen molar-refractivity contribution in [2.45, 2.75) is 66.2 Å². The van der Waals surface area contributed by atoms with Crippen LogP contribution in [0.1, 0.15) is 44.1 Å². The van der Waals surface area contributed by atoms with Crippen molar-refractivity contribution in [3.8, 4) is 0 Å². The van der Waals surface area contributed by atoms with Crippen molar-refractivity contribution in [1.82, 2.24) is 9.78 Å². The molecular formula is C14H27N3O. The Morgan fingerprint density at radius 3 is 2.56 bits per heavy atom. The van der Waals surface area contributed by atoms with Gasteiger partial charge in [-0.15, -0.1) is 0 Å². The summed E-state index contributed by atoms with van der Waals surface area (Å²) in [5, 5.41) is 4.58. The largest absolute Gasteiger partial charge is 0.377 e. The van der Waals surface area contributed by atoms with E-state index in [2.05, 4.69) is 25.9 Å². The van der Waals surface area contributed by atoms with Gasteiger partial charge in [0.05, 0.1) is 24.9 Å². The summed E-state index contributed by atoms with van der Waals surface area (Å²) in [6, 6.07) is 0.229. The predicted octanol–water partition coefficient (Wildman–Crippen LogP) is 2.20. The SMILES string of the molecule is CCC(N)Cc1c(C)nn(CCOC(C)C)c1C. The Balaban J connectivity index is 2.68. The zero-order valence-corrected chi connectivity index (χ0v) is 12.4. The highest BCUT2D eigenvalue weighted by molar-refractivity contribution is 5.25. The van der Waals surface area contributed by atoms with Crippen LogP contribution in [0.5, 0.6) is 0 Å². The molecule has 1 atom stereocenters. The maximum Gasteiger partial charge on any atom is 0.0666 e. The van der Waals surface area contributed by atoms with Crippen LogP contribution in [-0.2, 0) is 17.7 Å². The monoisotopic (exact) mass is 253 g/mol. The van der Waals surface area contributed by atoms with Gasteiger partial charge in [0.2, 0.25) is 0 Å². The fraction of sp³-hybridized carbons (Fsp3) is 0.786. The number of hydrogen-bond donors (Lipinski definition) is 1. The minimum atomic E-state index is 0.229. The molecule has 4 nitrogen and oxygen atoms in total. The molecule has 4 heteroatoms. The molecule has 1 heterocycles. The number of ether oxygens (including phenoxy) is 1. The molecule has 0 bridgehead atoms. The van der Waals surface area contributed by atoms with Crippen LogP contribution in [0.15, 0.2) is 0 Å². The molecule has 18 heavy (non-hydrogen) atoms. The summed E-state index contributed by atoms with van der Waals surface area (Å²) in [6.07, 6.45) is 2.19. The maximum atomic E-state index is 6.03. The van der Waals surface area contributed by atoms with Gasteiger partial charge in [-0.1, -0.05) is 6.92 Å². The standard InChI is InChI=1S/C14H27N3O/c1-6-13(15)9-14-11(4)16-17(12(14)5)7-8-18-10(2)3/h10,13H,6-9,15H2,1-5H3. The van der Waals surface area contributed by atoms with E-state index in [0.717, 1.165) is 25.1 Å². The average molecular weight is 253 g/mol. The van der Waals surface area contributed by atoms with E-state index in [9.17, 15) is 0 Å². The molecule has 0 aliphatic heterocycles. The predicted molar refractivity (Wildman–Crippen MR) is 74.8 cm³/mol. The van der Waals surface area contributed by atoms with Gasteiger partial charge in [-0.2, -0.15) is 5.10 Å². The van der Waals surface area contributed by atoms with Gasteiger partial charge in [0, 0.05) is 11.7 Å². The first-order valence-electron chi connectivity index (χ1n) is 6.85. The molecule has 1 unspecified atom stereocenters. The van der Waals surface area contributed by atoms with Gasteiger partial charge in [0.25, 0.3) is 0 Å². The Hall–Kier alpha value is -0.870. The first-order chi connectivity index (χ1) is 8.45. The number of aryl methyl sites for hydroxylation is 1. The fourth-order valence-electron chi connectivity index (χ4n) is 2.03. The summed E-state index contributed by atoms with van der Waals surface area (Å²) in [6.45, 7) is 11.9. The molecule has 0 saturated heterocycles. The third-order valence-corrected chi connectivity index (χ3v) is 3.28. The third-order valence-electron chi connectivity index (χ3n) is 3.28. The topological polar surface area (TPSA) is 53.1 Å². The first kappa shape index (κ1) is 15.2. The van der Waals surface area contributed by atoms with E-state index in [0.29, 0.717) is 6.61 Å². The summed E-state index contributed by atoms with van der Waals surface area (Å²) >= 11 is 0. The van der Waals surface area contributed by atoms with Crippen molar-refractivity contribution in [3.05, 3.63) is 17.0 Å². The molecule has 1 aromatic rings. The van der Waals surface area contributed by atoms with E-state index in [1.165, 1.54) is 11.3 Å². The second kappa shape index (κ2) is 6.90. The van der Waals surface area contributed by atoms with Crippen molar-refractivity contribution in [2.75, 3.05) is 6.61 Å².